The third-order valence-corrected chi connectivity index (χ3v) is 4.92. The van der Waals surface area contributed by atoms with Crippen LogP contribution in [0.4, 0.5) is 0 Å². The van der Waals surface area contributed by atoms with Gasteiger partial charge >= 0.3 is 5.97 Å². The van der Waals surface area contributed by atoms with Gasteiger partial charge in [-0.1, -0.05) is 23.4 Å². The van der Waals surface area contributed by atoms with Crippen molar-refractivity contribution in [2.24, 2.45) is 0 Å². The molecular formula is C21H19N7O3. The smallest absolute Gasteiger partial charge is 0.360 e. The van der Waals surface area contributed by atoms with Crippen molar-refractivity contribution >= 4 is 28.0 Å². The SMILES string of the molecule is CCOC(=O)c1cc(Cn2c3ccccc3c3nnc(-n4nc(C)cc4C)nc32)on1. The molecule has 0 aliphatic heterocycles. The average Bonchev–Trinajstić information content (AvgIpc) is 3.45. The first kappa shape index (κ1) is 18.9. The van der Waals surface area contributed by atoms with E-state index >= 15 is 0 Å². The minimum absolute atomic E-state index is 0.133. The van der Waals surface area contributed by atoms with Crippen LogP contribution in [0, 0.1) is 13.8 Å². The molecule has 31 heavy (non-hydrogen) atoms. The molecular weight excluding hydrogens is 398 g/mol. The summed E-state index contributed by atoms with van der Waals surface area (Å²) in [4.78, 5) is 16.7. The second kappa shape index (κ2) is 7.31. The number of nitrogens with zero attached hydrogens (tertiary/aromatic N) is 7. The zero-order valence-corrected chi connectivity index (χ0v) is 17.2. The first-order valence-electron chi connectivity index (χ1n) is 9.83. The fourth-order valence-electron chi connectivity index (χ4n) is 3.62. The van der Waals surface area contributed by atoms with Gasteiger partial charge < -0.3 is 13.8 Å². The van der Waals surface area contributed by atoms with Gasteiger partial charge in [-0.25, -0.2) is 9.48 Å². The average molecular weight is 417 g/mol. The van der Waals surface area contributed by atoms with Crippen molar-refractivity contribution in [2.75, 3.05) is 6.61 Å². The topological polar surface area (TPSA) is 114 Å². The molecule has 5 aromatic rings. The lowest BCUT2D eigenvalue weighted by Gasteiger charge is -2.05. The molecule has 10 heteroatoms. The summed E-state index contributed by atoms with van der Waals surface area (Å²) in [5.41, 5.74) is 4.14. The highest BCUT2D eigenvalue weighted by molar-refractivity contribution is 6.04. The normalized spacial score (nSPS) is 11.5. The van der Waals surface area contributed by atoms with Crippen LogP contribution in [0.3, 0.4) is 0 Å². The molecule has 5 rings (SSSR count). The van der Waals surface area contributed by atoms with Gasteiger partial charge in [-0.3, -0.25) is 0 Å². The molecule has 156 valence electrons. The van der Waals surface area contributed by atoms with Crippen LogP contribution in [0.1, 0.15) is 34.6 Å². The van der Waals surface area contributed by atoms with Crippen LogP contribution in [0.25, 0.3) is 28.0 Å². The Bertz CT molecular complexity index is 1430. The van der Waals surface area contributed by atoms with Gasteiger partial charge in [-0.05, 0) is 32.9 Å². The molecule has 0 unspecified atom stereocenters. The van der Waals surface area contributed by atoms with Crippen LogP contribution in [0.15, 0.2) is 40.9 Å². The zero-order valence-electron chi connectivity index (χ0n) is 17.2. The highest BCUT2D eigenvalue weighted by Crippen LogP contribution is 2.27. The number of hydrogen-bond donors (Lipinski definition) is 0. The minimum atomic E-state index is -0.518. The standard InChI is InChI=1S/C21H19N7O3/c1-4-30-20(29)16-10-14(31-26-16)11-27-17-8-6-5-7-15(17)18-19(27)22-21(24-23-18)28-13(3)9-12(2)25-28/h5-10H,4,11H2,1-3H3. The van der Waals surface area contributed by atoms with Crippen molar-refractivity contribution < 1.29 is 14.1 Å². The van der Waals surface area contributed by atoms with Crippen molar-refractivity contribution in [2.45, 2.75) is 27.3 Å². The van der Waals surface area contributed by atoms with Crippen molar-refractivity contribution in [1.82, 2.24) is 34.7 Å². The summed E-state index contributed by atoms with van der Waals surface area (Å²) < 4.78 is 14.0. The summed E-state index contributed by atoms with van der Waals surface area (Å²) in [5.74, 6) is 0.361. The lowest BCUT2D eigenvalue weighted by Crippen LogP contribution is -2.08. The number of esters is 1. The quantitative estimate of drug-likeness (QED) is 0.401. The maximum absolute atomic E-state index is 11.9. The van der Waals surface area contributed by atoms with Crippen molar-refractivity contribution in [3.8, 4) is 5.95 Å². The summed E-state index contributed by atoms with van der Waals surface area (Å²) in [7, 11) is 0. The number of rotatable bonds is 5. The Balaban J connectivity index is 1.64. The van der Waals surface area contributed by atoms with Crippen molar-refractivity contribution in [3.05, 3.63) is 59.2 Å². The van der Waals surface area contributed by atoms with Gasteiger partial charge in [0.2, 0.25) is 0 Å². The van der Waals surface area contributed by atoms with Crippen LogP contribution in [-0.2, 0) is 11.3 Å². The third kappa shape index (κ3) is 3.21. The highest BCUT2D eigenvalue weighted by atomic mass is 16.5. The summed E-state index contributed by atoms with van der Waals surface area (Å²) in [6.07, 6.45) is 0. The molecule has 4 heterocycles. The minimum Gasteiger partial charge on any atom is -0.461 e. The molecule has 0 amide bonds. The molecule has 0 N–H and O–H groups in total. The largest absolute Gasteiger partial charge is 0.461 e. The number of fused-ring (bicyclic) bond motifs is 3. The maximum atomic E-state index is 11.9. The van der Waals surface area contributed by atoms with Gasteiger partial charge in [0.25, 0.3) is 5.95 Å². The Morgan fingerprint density at radius 3 is 2.77 bits per heavy atom. The predicted molar refractivity (Wildman–Crippen MR) is 111 cm³/mol. The fraction of sp³-hybridized carbons (Fsp3) is 0.238. The van der Waals surface area contributed by atoms with Gasteiger partial charge in [0.1, 0.15) is 5.52 Å². The Kier molecular flexibility index (Phi) is 4.46. The maximum Gasteiger partial charge on any atom is 0.360 e. The molecule has 0 bridgehead atoms. The van der Waals surface area contributed by atoms with E-state index in [0.717, 1.165) is 22.3 Å². The molecule has 0 saturated carbocycles. The molecule has 0 radical (unpaired) electrons. The summed E-state index contributed by atoms with van der Waals surface area (Å²) in [6.45, 7) is 6.17. The lowest BCUT2D eigenvalue weighted by atomic mass is 10.2. The number of ether oxygens (including phenoxy) is 1. The summed E-state index contributed by atoms with van der Waals surface area (Å²) in [6, 6.07) is 11.4. The molecule has 0 aliphatic rings. The number of carbonyl (C=O) groups excluding carboxylic acids is 1. The molecule has 0 aliphatic carbocycles. The third-order valence-electron chi connectivity index (χ3n) is 4.92. The van der Waals surface area contributed by atoms with E-state index in [4.69, 9.17) is 14.2 Å². The molecule has 0 atom stereocenters. The number of aryl methyl sites for hydroxylation is 2. The summed E-state index contributed by atoms with van der Waals surface area (Å²) in [5, 5.41) is 17.9. The first-order valence-corrected chi connectivity index (χ1v) is 9.83. The Morgan fingerprint density at radius 2 is 2.00 bits per heavy atom. The number of carbonyl (C=O) groups is 1. The van der Waals surface area contributed by atoms with Gasteiger partial charge in [-0.15, -0.1) is 10.2 Å². The van der Waals surface area contributed by atoms with E-state index in [1.54, 1.807) is 17.7 Å². The first-order chi connectivity index (χ1) is 15.0. The number of hydrogen-bond acceptors (Lipinski definition) is 8. The van der Waals surface area contributed by atoms with Crippen molar-refractivity contribution in [3.63, 3.8) is 0 Å². The summed E-state index contributed by atoms with van der Waals surface area (Å²) >= 11 is 0. The van der Waals surface area contributed by atoms with Gasteiger partial charge in [0, 0.05) is 17.1 Å². The van der Waals surface area contributed by atoms with Crippen LogP contribution < -0.4 is 0 Å². The molecule has 0 fully saturated rings. The molecule has 0 spiro atoms. The van der Waals surface area contributed by atoms with Crippen molar-refractivity contribution in [1.29, 1.82) is 0 Å². The monoisotopic (exact) mass is 417 g/mol. The second-order valence-corrected chi connectivity index (χ2v) is 7.13. The predicted octanol–water partition coefficient (Wildman–Crippen LogP) is 3.00. The highest BCUT2D eigenvalue weighted by Gasteiger charge is 2.19. The van der Waals surface area contributed by atoms with E-state index in [2.05, 4.69) is 20.5 Å². The van der Waals surface area contributed by atoms with E-state index in [1.165, 1.54) is 0 Å². The fourth-order valence-corrected chi connectivity index (χ4v) is 3.62. The Morgan fingerprint density at radius 1 is 1.16 bits per heavy atom. The van der Waals surface area contributed by atoms with E-state index in [0.29, 0.717) is 29.4 Å². The number of aromatic nitrogens is 7. The van der Waals surface area contributed by atoms with E-state index < -0.39 is 5.97 Å². The molecule has 0 saturated heterocycles. The number of benzene rings is 1. The van der Waals surface area contributed by atoms with Gasteiger partial charge in [0.15, 0.2) is 17.1 Å². The zero-order chi connectivity index (χ0) is 21.5. The lowest BCUT2D eigenvalue weighted by molar-refractivity contribution is 0.0514. The molecule has 10 nitrogen and oxygen atoms in total. The van der Waals surface area contributed by atoms with Gasteiger partial charge in [-0.2, -0.15) is 10.1 Å². The van der Waals surface area contributed by atoms with Gasteiger partial charge in [0.05, 0.1) is 24.4 Å². The van der Waals surface area contributed by atoms with Crippen LogP contribution >= 0.6 is 0 Å². The Hall–Kier alpha value is -4.08. The number of para-hydroxylation sites is 1. The van der Waals surface area contributed by atoms with E-state index in [-0.39, 0.29) is 12.3 Å². The molecule has 1 aromatic carbocycles. The van der Waals surface area contributed by atoms with E-state index in [1.807, 2.05) is 48.7 Å². The second-order valence-electron chi connectivity index (χ2n) is 7.13. The van der Waals surface area contributed by atoms with Crippen LogP contribution in [0.5, 0.6) is 0 Å². The molecule has 4 aromatic heterocycles. The van der Waals surface area contributed by atoms with E-state index in [9.17, 15) is 4.79 Å². The Labute approximate surface area is 176 Å². The van der Waals surface area contributed by atoms with Crippen LogP contribution in [-0.4, -0.2) is 47.3 Å². The van der Waals surface area contributed by atoms with Crippen LogP contribution in [0.2, 0.25) is 0 Å².